The van der Waals surface area contributed by atoms with Crippen molar-refractivity contribution in [2.45, 2.75) is 19.3 Å². The van der Waals surface area contributed by atoms with Gasteiger partial charge < -0.3 is 16.2 Å². The molecule has 90 valence electrons. The molecule has 2 rings (SSSR count). The average Bonchev–Trinajstić information content (AvgIpc) is 2.71. The van der Waals surface area contributed by atoms with E-state index in [1.807, 2.05) is 0 Å². The first kappa shape index (κ1) is 11.4. The maximum atomic E-state index is 11.3. The summed E-state index contributed by atoms with van der Waals surface area (Å²) in [6.07, 6.45) is 2.75. The molecule has 0 atom stereocenters. The summed E-state index contributed by atoms with van der Waals surface area (Å²) in [5, 5.41) is 11.2. The minimum Gasteiger partial charge on any atom is -0.480 e. The van der Waals surface area contributed by atoms with Crippen molar-refractivity contribution in [3.05, 3.63) is 22.9 Å². The predicted octanol–water partition coefficient (Wildman–Crippen LogP) is 0.166. The van der Waals surface area contributed by atoms with Crippen LogP contribution >= 0.6 is 0 Å². The van der Waals surface area contributed by atoms with Gasteiger partial charge in [0.25, 0.3) is 5.91 Å². The number of hydrogen-bond donors (Lipinski definition) is 3. The van der Waals surface area contributed by atoms with Crippen LogP contribution in [-0.4, -0.2) is 28.5 Å². The number of aliphatic carboxylic acids is 1. The number of pyridine rings is 1. The van der Waals surface area contributed by atoms with Crippen LogP contribution in [0.15, 0.2) is 6.07 Å². The van der Waals surface area contributed by atoms with Gasteiger partial charge in [0.2, 0.25) is 0 Å². The minimum absolute atomic E-state index is 0.256. The van der Waals surface area contributed by atoms with Gasteiger partial charge in [-0.25, -0.2) is 4.98 Å². The Morgan fingerprint density at radius 3 is 2.88 bits per heavy atom. The Kier molecular flexibility index (Phi) is 2.95. The predicted molar refractivity (Wildman–Crippen MR) is 60.9 cm³/mol. The van der Waals surface area contributed by atoms with Crippen LogP contribution in [0.3, 0.4) is 0 Å². The average molecular weight is 235 g/mol. The fourth-order valence-corrected chi connectivity index (χ4v) is 1.95. The number of nitrogens with one attached hydrogen (secondary N) is 1. The van der Waals surface area contributed by atoms with E-state index in [1.54, 1.807) is 6.07 Å². The fourth-order valence-electron chi connectivity index (χ4n) is 1.95. The Labute approximate surface area is 97.8 Å². The molecule has 0 radical (unpaired) electrons. The van der Waals surface area contributed by atoms with E-state index >= 15 is 0 Å². The standard InChI is InChI=1S/C11H13N3O3/c12-10(17)7-4-6-2-1-3-8(6)14-11(7)13-5-9(15)16/h4H,1-3,5H2,(H2,12,17)(H,13,14)(H,15,16). The van der Waals surface area contributed by atoms with E-state index in [-0.39, 0.29) is 17.9 Å². The van der Waals surface area contributed by atoms with E-state index < -0.39 is 11.9 Å². The van der Waals surface area contributed by atoms with E-state index in [0.29, 0.717) is 0 Å². The molecule has 1 heterocycles. The highest BCUT2D eigenvalue weighted by Crippen LogP contribution is 2.24. The lowest BCUT2D eigenvalue weighted by Gasteiger charge is -2.09. The monoisotopic (exact) mass is 235 g/mol. The summed E-state index contributed by atoms with van der Waals surface area (Å²) in [5.74, 6) is -1.34. The number of nitrogens with two attached hydrogens (primary N) is 1. The van der Waals surface area contributed by atoms with Gasteiger partial charge >= 0.3 is 5.97 Å². The lowest BCUT2D eigenvalue weighted by atomic mass is 10.1. The second-order valence-electron chi connectivity index (χ2n) is 3.96. The molecule has 6 heteroatoms. The number of hydrogen-bond acceptors (Lipinski definition) is 4. The molecule has 0 spiro atoms. The van der Waals surface area contributed by atoms with Crippen molar-refractivity contribution in [2.24, 2.45) is 5.73 Å². The molecule has 1 aliphatic rings. The topological polar surface area (TPSA) is 105 Å². The number of carboxylic acid groups (broad SMARTS) is 1. The van der Waals surface area contributed by atoms with Gasteiger partial charge in [-0.2, -0.15) is 0 Å². The SMILES string of the molecule is NC(=O)c1cc2c(nc1NCC(=O)O)CCC2. The zero-order chi connectivity index (χ0) is 12.4. The van der Waals surface area contributed by atoms with Gasteiger partial charge in [0.1, 0.15) is 12.4 Å². The molecule has 1 aromatic heterocycles. The third kappa shape index (κ3) is 2.35. The number of carboxylic acids is 1. The van der Waals surface area contributed by atoms with Crippen molar-refractivity contribution in [1.82, 2.24) is 4.98 Å². The maximum Gasteiger partial charge on any atom is 0.322 e. The lowest BCUT2D eigenvalue weighted by Crippen LogP contribution is -2.20. The van der Waals surface area contributed by atoms with Crippen LogP contribution in [0.1, 0.15) is 28.0 Å². The Hall–Kier alpha value is -2.11. The van der Waals surface area contributed by atoms with Gasteiger partial charge in [0.15, 0.2) is 0 Å². The molecule has 1 aliphatic carbocycles. The summed E-state index contributed by atoms with van der Waals surface area (Å²) in [7, 11) is 0. The highest BCUT2D eigenvalue weighted by molar-refractivity contribution is 5.98. The highest BCUT2D eigenvalue weighted by Gasteiger charge is 2.19. The Morgan fingerprint density at radius 1 is 1.47 bits per heavy atom. The molecule has 4 N–H and O–H groups in total. The molecule has 17 heavy (non-hydrogen) atoms. The fraction of sp³-hybridized carbons (Fsp3) is 0.364. The number of aryl methyl sites for hydroxylation is 2. The van der Waals surface area contributed by atoms with Crippen molar-refractivity contribution in [3.63, 3.8) is 0 Å². The second kappa shape index (κ2) is 4.40. The number of anilines is 1. The van der Waals surface area contributed by atoms with Gasteiger partial charge in [-0.05, 0) is 30.9 Å². The normalized spacial score (nSPS) is 13.2. The number of primary amides is 1. The summed E-state index contributed by atoms with van der Waals surface area (Å²) >= 11 is 0. The molecule has 6 nitrogen and oxygen atoms in total. The number of rotatable bonds is 4. The van der Waals surface area contributed by atoms with Gasteiger partial charge in [-0.1, -0.05) is 0 Å². The molecule has 1 aromatic rings. The quantitative estimate of drug-likeness (QED) is 0.689. The number of amides is 1. The van der Waals surface area contributed by atoms with Crippen molar-refractivity contribution in [1.29, 1.82) is 0 Å². The smallest absolute Gasteiger partial charge is 0.322 e. The first-order valence-electron chi connectivity index (χ1n) is 5.36. The molecule has 0 aliphatic heterocycles. The van der Waals surface area contributed by atoms with E-state index in [2.05, 4.69) is 10.3 Å². The highest BCUT2D eigenvalue weighted by atomic mass is 16.4. The zero-order valence-corrected chi connectivity index (χ0v) is 9.19. The van der Waals surface area contributed by atoms with Crippen LogP contribution in [0.4, 0.5) is 5.82 Å². The van der Waals surface area contributed by atoms with E-state index in [4.69, 9.17) is 10.8 Å². The third-order valence-electron chi connectivity index (χ3n) is 2.72. The lowest BCUT2D eigenvalue weighted by molar-refractivity contribution is -0.134. The van der Waals surface area contributed by atoms with Gasteiger partial charge in [0, 0.05) is 5.69 Å². The van der Waals surface area contributed by atoms with Crippen LogP contribution < -0.4 is 11.1 Å². The zero-order valence-electron chi connectivity index (χ0n) is 9.19. The van der Waals surface area contributed by atoms with E-state index in [9.17, 15) is 9.59 Å². The molecule has 1 amide bonds. The molecule has 0 unspecified atom stereocenters. The molecule has 0 aromatic carbocycles. The maximum absolute atomic E-state index is 11.3. The van der Waals surface area contributed by atoms with Crippen molar-refractivity contribution < 1.29 is 14.7 Å². The van der Waals surface area contributed by atoms with Crippen LogP contribution in [0, 0.1) is 0 Å². The van der Waals surface area contributed by atoms with E-state index in [1.165, 1.54) is 0 Å². The summed E-state index contributed by atoms with van der Waals surface area (Å²) in [4.78, 5) is 26.0. The largest absolute Gasteiger partial charge is 0.480 e. The number of nitrogens with zero attached hydrogens (tertiary/aromatic N) is 1. The molecule has 0 bridgehead atoms. The minimum atomic E-state index is -1.01. The Balaban J connectivity index is 2.34. The van der Waals surface area contributed by atoms with Crippen LogP contribution in [0.5, 0.6) is 0 Å². The van der Waals surface area contributed by atoms with Crippen LogP contribution in [-0.2, 0) is 17.6 Å². The van der Waals surface area contributed by atoms with E-state index in [0.717, 1.165) is 30.5 Å². The Morgan fingerprint density at radius 2 is 2.24 bits per heavy atom. The van der Waals surface area contributed by atoms with Gasteiger partial charge in [0.05, 0.1) is 5.56 Å². The van der Waals surface area contributed by atoms with Gasteiger partial charge in [-0.3, -0.25) is 9.59 Å². The number of fused-ring (bicyclic) bond motifs is 1. The third-order valence-corrected chi connectivity index (χ3v) is 2.72. The number of aromatic nitrogens is 1. The summed E-state index contributed by atoms with van der Waals surface area (Å²) in [6, 6.07) is 1.71. The molecular weight excluding hydrogens is 222 g/mol. The van der Waals surface area contributed by atoms with Crippen LogP contribution in [0.25, 0.3) is 0 Å². The Bertz CT molecular complexity index is 485. The summed E-state index contributed by atoms with van der Waals surface area (Å²) in [6.45, 7) is -0.286. The summed E-state index contributed by atoms with van der Waals surface area (Å²) in [5.41, 5.74) is 7.45. The first-order chi connectivity index (χ1) is 8.08. The van der Waals surface area contributed by atoms with Crippen molar-refractivity contribution >= 4 is 17.7 Å². The molecule has 0 saturated heterocycles. The second-order valence-corrected chi connectivity index (χ2v) is 3.96. The van der Waals surface area contributed by atoms with Crippen molar-refractivity contribution in [3.8, 4) is 0 Å². The first-order valence-corrected chi connectivity index (χ1v) is 5.36. The summed E-state index contributed by atoms with van der Waals surface area (Å²) < 4.78 is 0. The van der Waals surface area contributed by atoms with Gasteiger partial charge in [-0.15, -0.1) is 0 Å². The number of carbonyl (C=O) groups excluding carboxylic acids is 1. The molecule has 0 saturated carbocycles. The molecular formula is C11H13N3O3. The molecule has 0 fully saturated rings. The van der Waals surface area contributed by atoms with Crippen molar-refractivity contribution in [2.75, 3.05) is 11.9 Å². The number of carbonyl (C=O) groups is 2. The van der Waals surface area contributed by atoms with Crippen LogP contribution in [0.2, 0.25) is 0 Å².